The molecule has 0 aromatic heterocycles. The van der Waals surface area contributed by atoms with Crippen molar-refractivity contribution >= 4 is 11.6 Å². The summed E-state index contributed by atoms with van der Waals surface area (Å²) >= 11 is 0. The molecule has 17 heavy (non-hydrogen) atoms. The van der Waals surface area contributed by atoms with Gasteiger partial charge in [-0.25, -0.2) is 0 Å². The first-order valence-corrected chi connectivity index (χ1v) is 5.56. The molecule has 1 unspecified atom stereocenters. The third-order valence-electron chi connectivity index (χ3n) is 2.75. The van der Waals surface area contributed by atoms with E-state index in [4.69, 9.17) is 5.84 Å². The highest BCUT2D eigenvalue weighted by atomic mass is 16.1. The number of nitrogens with two attached hydrogens (primary N) is 1. The first-order chi connectivity index (χ1) is 8.04. The average molecular weight is 236 g/mol. The normalized spacial score (nSPS) is 12.3. The highest BCUT2D eigenvalue weighted by molar-refractivity contribution is 5.94. The number of nitrogen functional groups attached to an aromatic ring is 1. The predicted octanol–water partition coefficient (Wildman–Crippen LogP) is 0.652. The molecule has 0 aliphatic rings. The zero-order chi connectivity index (χ0) is 12.8. The van der Waals surface area contributed by atoms with Gasteiger partial charge in [0.2, 0.25) is 0 Å². The molecule has 0 heterocycles. The number of hydrogen-bond donors (Lipinski definition) is 3. The Kier molecular flexibility index (Phi) is 4.93. The smallest absolute Gasteiger partial charge is 0.251 e. The van der Waals surface area contributed by atoms with Crippen LogP contribution in [0.1, 0.15) is 17.3 Å². The Morgan fingerprint density at radius 1 is 1.35 bits per heavy atom. The maximum atomic E-state index is 11.8. The fourth-order valence-electron chi connectivity index (χ4n) is 1.24. The van der Waals surface area contributed by atoms with Gasteiger partial charge in [0, 0.05) is 23.8 Å². The highest BCUT2D eigenvalue weighted by Crippen LogP contribution is 2.07. The Balaban J connectivity index is 2.52. The number of carbonyl (C=O) groups excluding carboxylic acids is 1. The van der Waals surface area contributed by atoms with Crippen molar-refractivity contribution < 1.29 is 4.79 Å². The maximum absolute atomic E-state index is 11.8. The molecule has 0 aliphatic carbocycles. The van der Waals surface area contributed by atoms with Gasteiger partial charge in [0.15, 0.2) is 0 Å². The van der Waals surface area contributed by atoms with Crippen molar-refractivity contribution in [1.29, 1.82) is 0 Å². The first kappa shape index (κ1) is 13.5. The van der Waals surface area contributed by atoms with Crippen LogP contribution in [0.15, 0.2) is 24.3 Å². The van der Waals surface area contributed by atoms with Crippen molar-refractivity contribution in [2.75, 3.05) is 26.1 Å². The van der Waals surface area contributed by atoms with Gasteiger partial charge in [-0.2, -0.15) is 0 Å². The Bertz CT molecular complexity index is 361. The largest absolute Gasteiger partial charge is 0.350 e. The van der Waals surface area contributed by atoms with E-state index in [-0.39, 0.29) is 5.91 Å². The molecule has 0 saturated heterocycles. The van der Waals surface area contributed by atoms with Gasteiger partial charge in [-0.3, -0.25) is 10.6 Å². The Labute approximate surface area is 102 Å². The van der Waals surface area contributed by atoms with Crippen LogP contribution < -0.4 is 16.6 Å². The maximum Gasteiger partial charge on any atom is 0.251 e. The number of amides is 1. The molecule has 5 nitrogen and oxygen atoms in total. The molecule has 0 fully saturated rings. The number of nitrogens with zero attached hydrogens (tertiary/aromatic N) is 1. The lowest BCUT2D eigenvalue weighted by molar-refractivity contribution is 0.0943. The van der Waals surface area contributed by atoms with Gasteiger partial charge < -0.3 is 15.6 Å². The van der Waals surface area contributed by atoms with Gasteiger partial charge in [0.25, 0.3) is 5.91 Å². The van der Waals surface area contributed by atoms with Crippen molar-refractivity contribution in [3.05, 3.63) is 29.8 Å². The fourth-order valence-corrected chi connectivity index (χ4v) is 1.24. The summed E-state index contributed by atoms with van der Waals surface area (Å²) in [6.45, 7) is 2.68. The minimum absolute atomic E-state index is 0.0673. The summed E-state index contributed by atoms with van der Waals surface area (Å²) in [7, 11) is 3.97. The Morgan fingerprint density at radius 2 is 1.94 bits per heavy atom. The highest BCUT2D eigenvalue weighted by Gasteiger charge is 2.08. The molecule has 0 saturated carbocycles. The summed E-state index contributed by atoms with van der Waals surface area (Å²) < 4.78 is 0. The van der Waals surface area contributed by atoms with E-state index in [9.17, 15) is 4.79 Å². The number of benzene rings is 1. The van der Waals surface area contributed by atoms with Crippen LogP contribution in [0, 0.1) is 0 Å². The minimum atomic E-state index is -0.0673. The second-order valence-corrected chi connectivity index (χ2v) is 4.24. The number of hydrogen-bond acceptors (Lipinski definition) is 4. The van der Waals surface area contributed by atoms with E-state index in [1.54, 1.807) is 24.3 Å². The first-order valence-electron chi connectivity index (χ1n) is 5.56. The van der Waals surface area contributed by atoms with Crippen LogP contribution in [0.4, 0.5) is 5.69 Å². The van der Waals surface area contributed by atoms with Crippen LogP contribution >= 0.6 is 0 Å². The van der Waals surface area contributed by atoms with Crippen LogP contribution in [0.3, 0.4) is 0 Å². The van der Waals surface area contributed by atoms with Gasteiger partial charge in [-0.15, -0.1) is 0 Å². The number of rotatable bonds is 5. The molecule has 0 spiro atoms. The lowest BCUT2D eigenvalue weighted by atomic mass is 10.2. The van der Waals surface area contributed by atoms with E-state index in [1.165, 1.54) is 0 Å². The quantitative estimate of drug-likeness (QED) is 0.518. The number of likely N-dealkylation sites (N-methyl/N-ethyl adjacent to an activating group) is 1. The lowest BCUT2D eigenvalue weighted by Gasteiger charge is -2.19. The van der Waals surface area contributed by atoms with Crippen molar-refractivity contribution in [3.8, 4) is 0 Å². The van der Waals surface area contributed by atoms with E-state index in [0.29, 0.717) is 18.2 Å². The standard InChI is InChI=1S/C12H20N4O/c1-9(16(2)3)8-14-12(17)10-4-6-11(15-13)7-5-10/h4-7,9,15H,8,13H2,1-3H3,(H,14,17). The molecule has 0 aliphatic heterocycles. The van der Waals surface area contributed by atoms with E-state index in [2.05, 4.69) is 22.6 Å². The number of hydrazine groups is 1. The van der Waals surface area contributed by atoms with E-state index in [0.717, 1.165) is 5.69 Å². The third kappa shape index (κ3) is 4.05. The predicted molar refractivity (Wildman–Crippen MR) is 69.7 cm³/mol. The summed E-state index contributed by atoms with van der Waals surface area (Å²) in [5.74, 6) is 5.18. The van der Waals surface area contributed by atoms with Crippen LogP contribution in [0.2, 0.25) is 0 Å². The zero-order valence-electron chi connectivity index (χ0n) is 10.5. The van der Waals surface area contributed by atoms with Crippen molar-refractivity contribution in [2.45, 2.75) is 13.0 Å². The van der Waals surface area contributed by atoms with Crippen molar-refractivity contribution in [3.63, 3.8) is 0 Å². The molecule has 94 valence electrons. The topological polar surface area (TPSA) is 70.4 Å². The molecule has 1 aromatic rings. The second-order valence-electron chi connectivity index (χ2n) is 4.24. The summed E-state index contributed by atoms with van der Waals surface area (Å²) in [4.78, 5) is 13.8. The average Bonchev–Trinajstić information content (AvgIpc) is 2.35. The molecule has 4 N–H and O–H groups in total. The van der Waals surface area contributed by atoms with Gasteiger partial charge in [0.1, 0.15) is 0 Å². The zero-order valence-corrected chi connectivity index (χ0v) is 10.5. The molecule has 1 amide bonds. The number of nitrogens with one attached hydrogen (secondary N) is 2. The second kappa shape index (κ2) is 6.22. The van der Waals surface area contributed by atoms with Crippen molar-refractivity contribution in [2.24, 2.45) is 5.84 Å². The Hall–Kier alpha value is -1.59. The molecule has 1 aromatic carbocycles. The number of anilines is 1. The molecule has 5 heteroatoms. The molecule has 1 atom stereocenters. The summed E-state index contributed by atoms with van der Waals surface area (Å²) in [5.41, 5.74) is 3.93. The van der Waals surface area contributed by atoms with Crippen LogP contribution in [0.5, 0.6) is 0 Å². The third-order valence-corrected chi connectivity index (χ3v) is 2.75. The van der Waals surface area contributed by atoms with Crippen LogP contribution in [0.25, 0.3) is 0 Å². The van der Waals surface area contributed by atoms with Gasteiger partial charge in [-0.1, -0.05) is 0 Å². The van der Waals surface area contributed by atoms with Crippen LogP contribution in [-0.4, -0.2) is 37.5 Å². The fraction of sp³-hybridized carbons (Fsp3) is 0.417. The summed E-state index contributed by atoms with van der Waals surface area (Å²) in [5, 5.41) is 2.89. The van der Waals surface area contributed by atoms with Gasteiger partial charge in [-0.05, 0) is 45.3 Å². The SMILES string of the molecule is CC(CNC(=O)c1ccc(NN)cc1)N(C)C. The Morgan fingerprint density at radius 3 is 2.41 bits per heavy atom. The molecular weight excluding hydrogens is 216 g/mol. The summed E-state index contributed by atoms with van der Waals surface area (Å²) in [6, 6.07) is 7.33. The van der Waals surface area contributed by atoms with Crippen LogP contribution in [-0.2, 0) is 0 Å². The lowest BCUT2D eigenvalue weighted by Crippen LogP contribution is -2.38. The van der Waals surface area contributed by atoms with Crippen molar-refractivity contribution in [1.82, 2.24) is 10.2 Å². The molecule has 1 rings (SSSR count). The van der Waals surface area contributed by atoms with E-state index in [1.807, 2.05) is 14.1 Å². The summed E-state index contributed by atoms with van der Waals surface area (Å²) in [6.07, 6.45) is 0. The molecule has 0 radical (unpaired) electrons. The van der Waals surface area contributed by atoms with E-state index >= 15 is 0 Å². The van der Waals surface area contributed by atoms with Gasteiger partial charge >= 0.3 is 0 Å². The van der Waals surface area contributed by atoms with E-state index < -0.39 is 0 Å². The van der Waals surface area contributed by atoms with Gasteiger partial charge in [0.05, 0.1) is 0 Å². The molecular formula is C12H20N4O. The monoisotopic (exact) mass is 236 g/mol. The molecule has 0 bridgehead atoms. The number of carbonyl (C=O) groups is 1. The minimum Gasteiger partial charge on any atom is -0.350 e.